The van der Waals surface area contributed by atoms with E-state index in [0.717, 1.165) is 54.4 Å². The van der Waals surface area contributed by atoms with Gasteiger partial charge in [-0.05, 0) is 62.1 Å². The summed E-state index contributed by atoms with van der Waals surface area (Å²) in [6.45, 7) is 1.08. The predicted molar refractivity (Wildman–Crippen MR) is 99.3 cm³/mol. The lowest BCUT2D eigenvalue weighted by Gasteiger charge is -2.37. The number of fused-ring (bicyclic) bond motifs is 2. The summed E-state index contributed by atoms with van der Waals surface area (Å²) < 4.78 is 0. The number of nitrogens with two attached hydrogens (primary N) is 1. The van der Waals surface area contributed by atoms with Crippen molar-refractivity contribution in [3.8, 4) is 17.3 Å². The Morgan fingerprint density at radius 3 is 2.58 bits per heavy atom. The summed E-state index contributed by atoms with van der Waals surface area (Å²) in [6, 6.07) is 7.38. The molecule has 2 N–H and O–H groups in total. The van der Waals surface area contributed by atoms with Crippen LogP contribution in [0.15, 0.2) is 24.5 Å². The average Bonchev–Trinajstić information content (AvgIpc) is 3.25. The third-order valence-corrected chi connectivity index (χ3v) is 6.46. The van der Waals surface area contributed by atoms with Gasteiger partial charge in [0.25, 0.3) is 0 Å². The lowest BCUT2D eigenvalue weighted by atomic mass is 9.65. The monoisotopic (exact) mass is 346 g/mol. The minimum Gasteiger partial charge on any atom is -0.368 e. The van der Waals surface area contributed by atoms with Crippen molar-refractivity contribution in [2.45, 2.75) is 50.0 Å². The molecule has 3 aliphatic rings. The molecule has 5 rings (SSSR count). The van der Waals surface area contributed by atoms with Gasteiger partial charge in [0.05, 0.1) is 17.2 Å². The molecule has 2 atom stereocenters. The molecule has 1 saturated heterocycles. The topological polar surface area (TPSA) is 91.7 Å². The second kappa shape index (κ2) is 5.66. The fraction of sp³-hybridized carbons (Fsp3) is 0.500. The van der Waals surface area contributed by atoms with Gasteiger partial charge >= 0.3 is 0 Å². The molecule has 26 heavy (non-hydrogen) atoms. The summed E-state index contributed by atoms with van der Waals surface area (Å²) in [7, 11) is 0. The van der Waals surface area contributed by atoms with Crippen LogP contribution in [0, 0.1) is 17.2 Å². The quantitative estimate of drug-likeness (QED) is 0.918. The fourth-order valence-electron chi connectivity index (χ4n) is 4.76. The van der Waals surface area contributed by atoms with E-state index in [9.17, 15) is 5.26 Å². The van der Waals surface area contributed by atoms with Crippen molar-refractivity contribution in [2.24, 2.45) is 5.92 Å². The van der Waals surface area contributed by atoms with Crippen LogP contribution in [0.4, 0.5) is 11.8 Å². The van der Waals surface area contributed by atoms with Crippen LogP contribution in [0.3, 0.4) is 0 Å². The Bertz CT molecular complexity index is 880. The molecular formula is C20H22N6. The van der Waals surface area contributed by atoms with E-state index >= 15 is 0 Å². The molecule has 6 heteroatoms. The van der Waals surface area contributed by atoms with Gasteiger partial charge in [-0.3, -0.25) is 0 Å². The van der Waals surface area contributed by atoms with E-state index in [-0.39, 0.29) is 11.4 Å². The number of nitriles is 1. The zero-order valence-corrected chi connectivity index (χ0v) is 14.7. The van der Waals surface area contributed by atoms with Gasteiger partial charge in [-0.25, -0.2) is 15.0 Å². The number of pyridine rings is 1. The molecule has 3 heterocycles. The van der Waals surface area contributed by atoms with E-state index in [4.69, 9.17) is 10.7 Å². The lowest BCUT2D eigenvalue weighted by Crippen LogP contribution is -2.35. The molecule has 132 valence electrons. The van der Waals surface area contributed by atoms with Gasteiger partial charge in [0.1, 0.15) is 5.82 Å². The van der Waals surface area contributed by atoms with E-state index in [0.29, 0.717) is 6.04 Å². The van der Waals surface area contributed by atoms with Crippen molar-refractivity contribution < 1.29 is 0 Å². The van der Waals surface area contributed by atoms with E-state index in [1.54, 1.807) is 12.4 Å². The standard InChI is InChI=1S/C20H22N6/c21-12-20(4-1-5-20)15-7-17(14-9-23-19(22)24-10-14)25-18(8-15)26-11-13-2-3-16(26)6-13/h7-10,13,16H,1-6,11H2,(H2,22,23,24). The Hall–Kier alpha value is -2.68. The molecule has 0 aromatic carbocycles. The smallest absolute Gasteiger partial charge is 0.219 e. The van der Waals surface area contributed by atoms with Crippen LogP contribution in [0.5, 0.6) is 0 Å². The number of hydrogen-bond donors (Lipinski definition) is 1. The Morgan fingerprint density at radius 1 is 1.19 bits per heavy atom. The normalized spacial score (nSPS) is 25.7. The van der Waals surface area contributed by atoms with Crippen LogP contribution in [-0.2, 0) is 5.41 Å². The maximum Gasteiger partial charge on any atom is 0.219 e. The van der Waals surface area contributed by atoms with Crippen molar-refractivity contribution in [2.75, 3.05) is 17.2 Å². The first-order valence-corrected chi connectivity index (χ1v) is 9.45. The molecule has 2 saturated carbocycles. The molecule has 0 radical (unpaired) electrons. The first-order chi connectivity index (χ1) is 12.7. The fourth-order valence-corrected chi connectivity index (χ4v) is 4.76. The first-order valence-electron chi connectivity index (χ1n) is 9.45. The minimum absolute atomic E-state index is 0.259. The van der Waals surface area contributed by atoms with Gasteiger partial charge in [0, 0.05) is 30.5 Å². The van der Waals surface area contributed by atoms with Crippen LogP contribution in [0.25, 0.3) is 11.3 Å². The van der Waals surface area contributed by atoms with E-state index in [1.165, 1.54) is 19.3 Å². The number of nitrogens with zero attached hydrogens (tertiary/aromatic N) is 5. The Kier molecular flexibility index (Phi) is 3.39. The van der Waals surface area contributed by atoms with Crippen molar-refractivity contribution >= 4 is 11.8 Å². The number of rotatable bonds is 3. The van der Waals surface area contributed by atoms with E-state index < -0.39 is 0 Å². The zero-order valence-electron chi connectivity index (χ0n) is 14.7. The number of nitrogen functional groups attached to an aromatic ring is 1. The molecular weight excluding hydrogens is 324 g/mol. The summed E-state index contributed by atoms with van der Waals surface area (Å²) in [4.78, 5) is 15.6. The summed E-state index contributed by atoms with van der Waals surface area (Å²) in [6.07, 6.45) is 10.3. The highest BCUT2D eigenvalue weighted by atomic mass is 15.2. The zero-order chi connectivity index (χ0) is 17.7. The van der Waals surface area contributed by atoms with Crippen LogP contribution < -0.4 is 10.6 Å². The Morgan fingerprint density at radius 2 is 2.00 bits per heavy atom. The molecule has 6 nitrogen and oxygen atoms in total. The number of aromatic nitrogens is 3. The molecule has 2 aromatic rings. The maximum atomic E-state index is 9.82. The number of hydrogen-bond acceptors (Lipinski definition) is 6. The summed E-state index contributed by atoms with van der Waals surface area (Å²) >= 11 is 0. The van der Waals surface area contributed by atoms with Gasteiger partial charge in [0.15, 0.2) is 0 Å². The first kappa shape index (κ1) is 15.6. The summed E-state index contributed by atoms with van der Waals surface area (Å²) in [5.41, 5.74) is 8.04. The third kappa shape index (κ3) is 2.34. The highest BCUT2D eigenvalue weighted by Gasteiger charge is 2.42. The Labute approximate surface area is 153 Å². The summed E-state index contributed by atoms with van der Waals surface area (Å²) in [5.74, 6) is 2.06. The second-order valence-electron chi connectivity index (χ2n) is 7.96. The molecule has 0 amide bonds. The maximum absolute atomic E-state index is 9.82. The molecule has 0 spiro atoms. The lowest BCUT2D eigenvalue weighted by molar-refractivity contribution is 0.324. The van der Waals surface area contributed by atoms with Crippen molar-refractivity contribution in [1.82, 2.24) is 15.0 Å². The highest BCUT2D eigenvalue weighted by molar-refractivity contribution is 5.64. The molecule has 2 aromatic heterocycles. The number of anilines is 2. The Balaban J connectivity index is 1.61. The van der Waals surface area contributed by atoms with Gasteiger partial charge in [-0.2, -0.15) is 5.26 Å². The number of piperidine rings is 1. The van der Waals surface area contributed by atoms with Crippen LogP contribution >= 0.6 is 0 Å². The largest absolute Gasteiger partial charge is 0.368 e. The molecule has 2 bridgehead atoms. The summed E-state index contributed by atoms with van der Waals surface area (Å²) in [5, 5.41) is 9.82. The van der Waals surface area contributed by atoms with Crippen LogP contribution in [-0.4, -0.2) is 27.5 Å². The van der Waals surface area contributed by atoms with E-state index in [1.807, 2.05) is 0 Å². The van der Waals surface area contributed by atoms with Crippen molar-refractivity contribution in [3.05, 3.63) is 30.1 Å². The molecule has 3 fully saturated rings. The molecule has 2 unspecified atom stereocenters. The van der Waals surface area contributed by atoms with Gasteiger partial charge in [0.2, 0.25) is 5.95 Å². The minimum atomic E-state index is -0.361. The van der Waals surface area contributed by atoms with E-state index in [2.05, 4.69) is 33.1 Å². The predicted octanol–water partition coefficient (Wildman–Crippen LogP) is 3.05. The van der Waals surface area contributed by atoms with Crippen molar-refractivity contribution in [1.29, 1.82) is 5.26 Å². The van der Waals surface area contributed by atoms with Crippen LogP contribution in [0.1, 0.15) is 44.1 Å². The average molecular weight is 346 g/mol. The van der Waals surface area contributed by atoms with Gasteiger partial charge < -0.3 is 10.6 Å². The van der Waals surface area contributed by atoms with Gasteiger partial charge in [-0.15, -0.1) is 0 Å². The molecule has 2 aliphatic carbocycles. The second-order valence-corrected chi connectivity index (χ2v) is 7.96. The highest BCUT2D eigenvalue weighted by Crippen LogP contribution is 2.46. The van der Waals surface area contributed by atoms with Crippen LogP contribution in [0.2, 0.25) is 0 Å². The van der Waals surface area contributed by atoms with Gasteiger partial charge in [-0.1, -0.05) is 0 Å². The third-order valence-electron chi connectivity index (χ3n) is 6.46. The molecule has 1 aliphatic heterocycles. The van der Waals surface area contributed by atoms with Crippen molar-refractivity contribution in [3.63, 3.8) is 0 Å². The SMILES string of the molecule is N#CC1(c2cc(-c3cnc(N)nc3)nc(N3CC4CCC3C4)c2)CCC1.